The first-order valence-electron chi connectivity index (χ1n) is 19.5. The minimum absolute atomic E-state index is 0.0475. The molecular formula is C43H52N4O7. The topological polar surface area (TPSA) is 128 Å². The number of carbonyl (C=O) groups excluding carboxylic acids is 2. The number of esters is 2. The average Bonchev–Trinajstić information content (AvgIpc) is 3.84. The molecule has 2 bridgehead atoms. The number of aromatic nitrogens is 1. The van der Waals surface area contributed by atoms with Crippen molar-refractivity contribution in [2.75, 3.05) is 59.5 Å². The fourth-order valence-corrected chi connectivity index (χ4v) is 12.5. The van der Waals surface area contributed by atoms with Crippen molar-refractivity contribution in [2.24, 2.45) is 11.3 Å². The van der Waals surface area contributed by atoms with Crippen molar-refractivity contribution in [3.05, 3.63) is 82.6 Å². The highest BCUT2D eigenvalue weighted by molar-refractivity contribution is 5.95. The van der Waals surface area contributed by atoms with E-state index in [0.717, 1.165) is 52.9 Å². The molecule has 1 aliphatic carbocycles. The maximum absolute atomic E-state index is 15.1. The van der Waals surface area contributed by atoms with E-state index in [-0.39, 0.29) is 17.9 Å². The summed E-state index contributed by atoms with van der Waals surface area (Å²) in [5.74, 6) is -0.669. The number of rotatable bonds is 6. The van der Waals surface area contributed by atoms with Crippen LogP contribution in [0.15, 0.2) is 60.2 Å². The van der Waals surface area contributed by atoms with Crippen molar-refractivity contribution in [1.82, 2.24) is 14.8 Å². The number of carbonyl (C=O) groups is 2. The Morgan fingerprint density at radius 3 is 2.52 bits per heavy atom. The van der Waals surface area contributed by atoms with Gasteiger partial charge in [0.1, 0.15) is 17.3 Å². The molecule has 2 aromatic carbocycles. The molecule has 54 heavy (non-hydrogen) atoms. The quantitative estimate of drug-likeness (QED) is 0.251. The third-order valence-corrected chi connectivity index (χ3v) is 14.5. The number of likely N-dealkylation sites (N-methyl/N-ethyl adjacent to an activating group) is 1. The molecule has 1 saturated heterocycles. The first-order chi connectivity index (χ1) is 26.0. The van der Waals surface area contributed by atoms with Crippen LogP contribution in [-0.2, 0) is 36.4 Å². The third kappa shape index (κ3) is 4.21. The molecule has 11 nitrogen and oxygen atoms in total. The van der Waals surface area contributed by atoms with Gasteiger partial charge in [-0.25, -0.2) is 4.79 Å². The number of nitrogens with zero attached hydrogens (tertiary/aromatic N) is 3. The number of benzene rings is 2. The standard InChI is InChI=1S/C43H52N4O7/c1-7-25-18-26-21-42(38(49)53-5,34-28(24-46(22-25)23-26)27-12-9-10-13-31(27)44-34)30-19-29-32(20-33(30)52-4)45(3)36-41(29)15-17-47-16-11-14-40(8-2,35(41)47)37(48)43(36,51)39(50)54-6/h9-14,18-20,26,35-37,44,48,51H,7-8,15-17,21-24H2,1-6H3/t26-,35-,36+,37+,40+,41?,42-,43+/m0/s1. The van der Waals surface area contributed by atoms with Crippen LogP contribution in [0.4, 0.5) is 5.69 Å². The minimum Gasteiger partial charge on any atom is -0.496 e. The van der Waals surface area contributed by atoms with Crippen LogP contribution in [0, 0.1) is 11.3 Å². The number of ether oxygens (including phenoxy) is 3. The second-order valence-electron chi connectivity index (χ2n) is 16.6. The molecule has 286 valence electrons. The van der Waals surface area contributed by atoms with Crippen molar-refractivity contribution in [3.8, 4) is 5.75 Å². The van der Waals surface area contributed by atoms with E-state index in [0.29, 0.717) is 50.2 Å². The van der Waals surface area contributed by atoms with Crippen LogP contribution < -0.4 is 9.64 Å². The Morgan fingerprint density at radius 1 is 1.02 bits per heavy atom. The Hall–Kier alpha value is -4.16. The normalized spacial score (nSPS) is 36.3. The summed E-state index contributed by atoms with van der Waals surface area (Å²) in [7, 11) is 6.24. The Labute approximate surface area is 316 Å². The van der Waals surface area contributed by atoms with Crippen molar-refractivity contribution < 1.29 is 34.0 Å². The lowest BCUT2D eigenvalue weighted by Crippen LogP contribution is -2.80. The molecule has 1 spiro atoms. The van der Waals surface area contributed by atoms with Crippen LogP contribution in [-0.4, -0.2) is 115 Å². The number of aliphatic hydroxyl groups is 2. The van der Waals surface area contributed by atoms with E-state index >= 15 is 4.79 Å². The number of H-pyrrole nitrogens is 1. The number of hydrogen-bond donors (Lipinski definition) is 3. The van der Waals surface area contributed by atoms with Gasteiger partial charge >= 0.3 is 11.9 Å². The van der Waals surface area contributed by atoms with Crippen molar-refractivity contribution in [1.29, 1.82) is 0 Å². The van der Waals surface area contributed by atoms with Crippen LogP contribution in [0.25, 0.3) is 10.9 Å². The summed E-state index contributed by atoms with van der Waals surface area (Å²) in [5, 5.41) is 26.3. The summed E-state index contributed by atoms with van der Waals surface area (Å²) < 4.78 is 17.6. The zero-order chi connectivity index (χ0) is 37.9. The van der Waals surface area contributed by atoms with Crippen molar-refractivity contribution >= 4 is 28.5 Å². The highest BCUT2D eigenvalue weighted by Crippen LogP contribution is 2.67. The SMILES string of the molecule is CCC1=C[C@@H]2CN(C1)Cc1c([nH]c3ccccc13)[C@@](C(=O)OC)(c1cc3c(cc1OC)N(C)[C@@H]1C34CCN3CC=C[C@](CC)([C@H]34)[C@@H](O)[C@@]1(O)C(=O)OC)C2. The number of aliphatic hydroxyl groups excluding tert-OH is 1. The fourth-order valence-electron chi connectivity index (χ4n) is 12.5. The van der Waals surface area contributed by atoms with E-state index in [1.165, 1.54) is 19.8 Å². The molecule has 3 N–H and O–H groups in total. The van der Waals surface area contributed by atoms with Gasteiger partial charge in [0.25, 0.3) is 0 Å². The number of hydrogen-bond acceptors (Lipinski definition) is 10. The lowest BCUT2D eigenvalue weighted by Gasteiger charge is -2.63. The van der Waals surface area contributed by atoms with Gasteiger partial charge in [0.15, 0.2) is 0 Å². The fraction of sp³-hybridized carbons (Fsp3) is 0.535. The van der Waals surface area contributed by atoms with E-state index in [4.69, 9.17) is 14.2 Å². The first-order valence-corrected chi connectivity index (χ1v) is 19.5. The predicted octanol–water partition coefficient (Wildman–Crippen LogP) is 4.18. The molecule has 1 saturated carbocycles. The molecule has 9 rings (SSSR count). The second-order valence-corrected chi connectivity index (χ2v) is 16.6. The third-order valence-electron chi connectivity index (χ3n) is 14.5. The molecule has 5 aliphatic heterocycles. The minimum atomic E-state index is -2.27. The van der Waals surface area contributed by atoms with Crippen LogP contribution in [0.2, 0.25) is 0 Å². The smallest absolute Gasteiger partial charge is 0.342 e. The highest BCUT2D eigenvalue weighted by atomic mass is 16.5. The number of para-hydroxylation sites is 1. The van der Waals surface area contributed by atoms with Crippen molar-refractivity contribution in [2.45, 2.75) is 80.7 Å². The van der Waals surface area contributed by atoms with Gasteiger partial charge in [0.2, 0.25) is 5.60 Å². The predicted molar refractivity (Wildman–Crippen MR) is 205 cm³/mol. The van der Waals surface area contributed by atoms with Gasteiger partial charge in [-0.1, -0.05) is 55.8 Å². The molecule has 9 atom stereocenters. The van der Waals surface area contributed by atoms with Gasteiger partial charge in [-0.3, -0.25) is 14.6 Å². The Bertz CT molecular complexity index is 2130. The van der Waals surface area contributed by atoms with Gasteiger partial charge in [0.05, 0.1) is 27.4 Å². The molecule has 11 heteroatoms. The molecule has 0 amide bonds. The van der Waals surface area contributed by atoms with E-state index in [2.05, 4.69) is 52.1 Å². The summed E-state index contributed by atoms with van der Waals surface area (Å²) in [6, 6.07) is 11.3. The Balaban J connectivity index is 1.37. The monoisotopic (exact) mass is 736 g/mol. The molecule has 6 heterocycles. The summed E-state index contributed by atoms with van der Waals surface area (Å²) >= 11 is 0. The van der Waals surface area contributed by atoms with Gasteiger partial charge in [0, 0.05) is 84.0 Å². The van der Waals surface area contributed by atoms with Crippen LogP contribution in [0.3, 0.4) is 0 Å². The molecule has 6 aliphatic rings. The molecule has 0 radical (unpaired) electrons. The number of fused-ring (bicyclic) bond motifs is 6. The molecule has 2 fully saturated rings. The Kier molecular flexibility index (Phi) is 8.01. The maximum Gasteiger partial charge on any atom is 0.342 e. The molecule has 2 unspecified atom stereocenters. The summed E-state index contributed by atoms with van der Waals surface area (Å²) in [6.07, 6.45) is 7.52. The van der Waals surface area contributed by atoms with Crippen LogP contribution in [0.5, 0.6) is 5.75 Å². The number of aromatic amines is 1. The van der Waals surface area contributed by atoms with E-state index in [1.807, 2.05) is 43.1 Å². The summed E-state index contributed by atoms with van der Waals surface area (Å²) in [4.78, 5) is 39.7. The number of anilines is 1. The van der Waals surface area contributed by atoms with Gasteiger partial charge in [-0.2, -0.15) is 0 Å². The van der Waals surface area contributed by atoms with Crippen molar-refractivity contribution in [3.63, 3.8) is 0 Å². The number of nitrogens with one attached hydrogen (secondary N) is 1. The average molecular weight is 737 g/mol. The lowest BCUT2D eigenvalue weighted by molar-refractivity contribution is -0.218. The first kappa shape index (κ1) is 35.5. The van der Waals surface area contributed by atoms with E-state index < -0.39 is 40.0 Å². The van der Waals surface area contributed by atoms with Crippen LogP contribution in [0.1, 0.15) is 61.9 Å². The van der Waals surface area contributed by atoms with E-state index in [9.17, 15) is 15.0 Å². The number of methoxy groups -OCH3 is 3. The highest BCUT2D eigenvalue weighted by Gasteiger charge is 2.79. The van der Waals surface area contributed by atoms with Gasteiger partial charge < -0.3 is 34.3 Å². The zero-order valence-electron chi connectivity index (χ0n) is 32.1. The van der Waals surface area contributed by atoms with Gasteiger partial charge in [-0.15, -0.1) is 0 Å². The maximum atomic E-state index is 15.1. The summed E-state index contributed by atoms with van der Waals surface area (Å²) in [6.45, 7) is 7.97. The lowest BCUT2D eigenvalue weighted by atomic mass is 9.47. The molecule has 3 aromatic rings. The second kappa shape index (κ2) is 12.2. The van der Waals surface area contributed by atoms with Crippen LogP contribution >= 0.6 is 0 Å². The largest absolute Gasteiger partial charge is 0.496 e. The summed E-state index contributed by atoms with van der Waals surface area (Å²) in [5.41, 5.74) is 1.24. The van der Waals surface area contributed by atoms with E-state index in [1.54, 1.807) is 7.11 Å². The van der Waals surface area contributed by atoms with Gasteiger partial charge in [-0.05, 0) is 61.4 Å². The molecule has 1 aromatic heterocycles. The zero-order valence-corrected chi connectivity index (χ0v) is 32.1. The molecular weight excluding hydrogens is 684 g/mol. The Morgan fingerprint density at radius 2 is 1.80 bits per heavy atom.